The van der Waals surface area contributed by atoms with Crippen molar-refractivity contribution in [2.45, 2.75) is 32.1 Å². The van der Waals surface area contributed by atoms with Crippen LogP contribution >= 0.6 is 0 Å². The lowest BCUT2D eigenvalue weighted by Gasteiger charge is -2.32. The summed E-state index contributed by atoms with van der Waals surface area (Å²) in [5.41, 5.74) is 5.36. The minimum absolute atomic E-state index is 0.202. The fourth-order valence-electron chi connectivity index (χ4n) is 4.42. The van der Waals surface area contributed by atoms with Crippen molar-refractivity contribution in [1.29, 1.82) is 0 Å². The number of carbonyl (C=O) groups excluding carboxylic acids is 1. The van der Waals surface area contributed by atoms with Crippen LogP contribution < -0.4 is 0 Å². The van der Waals surface area contributed by atoms with E-state index < -0.39 is 0 Å². The van der Waals surface area contributed by atoms with Crippen LogP contribution in [-0.2, 0) is 11.2 Å². The molecule has 1 amide bonds. The van der Waals surface area contributed by atoms with Crippen molar-refractivity contribution in [1.82, 2.24) is 19.9 Å². The first kappa shape index (κ1) is 17.0. The molecule has 0 radical (unpaired) electrons. The second kappa shape index (κ2) is 6.82. The van der Waals surface area contributed by atoms with E-state index in [4.69, 9.17) is 4.98 Å². The SMILES string of the molecule is Cc1[nH]c2ccccc2c1CC(=O)N1CCCC(c2nc3ccccc3[nH]2)C1. The zero-order valence-electron chi connectivity index (χ0n) is 16.0. The van der Waals surface area contributed by atoms with E-state index in [1.807, 2.05) is 35.2 Å². The van der Waals surface area contributed by atoms with E-state index in [9.17, 15) is 4.79 Å². The molecular weight excluding hydrogens is 348 g/mol. The maximum atomic E-state index is 13.1. The van der Waals surface area contributed by atoms with Gasteiger partial charge in [0.25, 0.3) is 0 Å². The summed E-state index contributed by atoms with van der Waals surface area (Å²) in [6.07, 6.45) is 2.53. The lowest BCUT2D eigenvalue weighted by Crippen LogP contribution is -2.40. The summed E-state index contributed by atoms with van der Waals surface area (Å²) in [5.74, 6) is 1.48. The molecule has 1 aliphatic heterocycles. The van der Waals surface area contributed by atoms with Crippen molar-refractivity contribution in [3.05, 3.63) is 65.6 Å². The zero-order chi connectivity index (χ0) is 19.1. The smallest absolute Gasteiger partial charge is 0.227 e. The van der Waals surface area contributed by atoms with Crippen molar-refractivity contribution < 1.29 is 4.79 Å². The van der Waals surface area contributed by atoms with Crippen LogP contribution in [0.3, 0.4) is 0 Å². The van der Waals surface area contributed by atoms with Gasteiger partial charge in [0, 0.05) is 35.6 Å². The molecule has 5 heteroatoms. The molecule has 4 aromatic rings. The highest BCUT2D eigenvalue weighted by Gasteiger charge is 2.27. The predicted octanol–water partition coefficient (Wildman–Crippen LogP) is 4.30. The molecule has 0 bridgehead atoms. The summed E-state index contributed by atoms with van der Waals surface area (Å²) >= 11 is 0. The molecule has 2 aromatic heterocycles. The minimum atomic E-state index is 0.202. The van der Waals surface area contributed by atoms with Crippen LogP contribution in [0.1, 0.15) is 35.8 Å². The van der Waals surface area contributed by atoms with Gasteiger partial charge in [0.15, 0.2) is 0 Å². The van der Waals surface area contributed by atoms with E-state index >= 15 is 0 Å². The lowest BCUT2D eigenvalue weighted by molar-refractivity contribution is -0.131. The van der Waals surface area contributed by atoms with E-state index in [-0.39, 0.29) is 11.8 Å². The Morgan fingerprint density at radius 2 is 1.89 bits per heavy atom. The highest BCUT2D eigenvalue weighted by Crippen LogP contribution is 2.28. The molecular formula is C23H24N4O. The van der Waals surface area contributed by atoms with Crippen molar-refractivity contribution in [3.63, 3.8) is 0 Å². The first-order chi connectivity index (χ1) is 13.7. The van der Waals surface area contributed by atoms with Crippen LogP contribution in [0.15, 0.2) is 48.5 Å². The van der Waals surface area contributed by atoms with Gasteiger partial charge in [-0.2, -0.15) is 0 Å². The third kappa shape index (κ3) is 2.97. The number of hydrogen-bond donors (Lipinski definition) is 2. The van der Waals surface area contributed by atoms with Crippen LogP contribution in [-0.4, -0.2) is 38.8 Å². The largest absolute Gasteiger partial charge is 0.358 e. The molecule has 1 fully saturated rings. The normalized spacial score (nSPS) is 17.5. The van der Waals surface area contributed by atoms with Crippen molar-refractivity contribution in [3.8, 4) is 0 Å². The summed E-state index contributed by atoms with van der Waals surface area (Å²) in [6, 6.07) is 16.3. The molecule has 1 unspecified atom stereocenters. The fraction of sp³-hybridized carbons (Fsp3) is 0.304. The molecule has 1 saturated heterocycles. The van der Waals surface area contributed by atoms with Gasteiger partial charge < -0.3 is 14.9 Å². The fourth-order valence-corrected chi connectivity index (χ4v) is 4.42. The van der Waals surface area contributed by atoms with Gasteiger partial charge in [-0.25, -0.2) is 4.98 Å². The quantitative estimate of drug-likeness (QED) is 0.563. The van der Waals surface area contributed by atoms with Crippen molar-refractivity contribution in [2.75, 3.05) is 13.1 Å². The van der Waals surface area contributed by atoms with Gasteiger partial charge in [-0.1, -0.05) is 30.3 Å². The molecule has 142 valence electrons. The van der Waals surface area contributed by atoms with Crippen LogP contribution in [0.25, 0.3) is 21.9 Å². The highest BCUT2D eigenvalue weighted by atomic mass is 16.2. The number of benzene rings is 2. The van der Waals surface area contributed by atoms with Gasteiger partial charge in [-0.05, 0) is 43.5 Å². The maximum Gasteiger partial charge on any atom is 0.227 e. The topological polar surface area (TPSA) is 64.8 Å². The summed E-state index contributed by atoms with van der Waals surface area (Å²) in [4.78, 5) is 26.7. The second-order valence-corrected chi connectivity index (χ2v) is 7.77. The third-order valence-electron chi connectivity index (χ3n) is 5.92. The number of nitrogens with one attached hydrogen (secondary N) is 2. The molecule has 28 heavy (non-hydrogen) atoms. The Hall–Kier alpha value is -3.08. The van der Waals surface area contributed by atoms with Crippen molar-refractivity contribution in [2.24, 2.45) is 0 Å². The number of H-pyrrole nitrogens is 2. The molecule has 2 N–H and O–H groups in total. The predicted molar refractivity (Wildman–Crippen MR) is 111 cm³/mol. The number of aromatic amines is 2. The lowest BCUT2D eigenvalue weighted by atomic mass is 9.96. The van der Waals surface area contributed by atoms with Crippen LogP contribution in [0, 0.1) is 6.92 Å². The Labute approximate surface area is 163 Å². The van der Waals surface area contributed by atoms with Gasteiger partial charge in [-0.3, -0.25) is 4.79 Å². The van der Waals surface area contributed by atoms with Gasteiger partial charge in [-0.15, -0.1) is 0 Å². The molecule has 0 spiro atoms. The minimum Gasteiger partial charge on any atom is -0.358 e. The van der Waals surface area contributed by atoms with E-state index in [1.54, 1.807) is 0 Å². The summed E-state index contributed by atoms with van der Waals surface area (Å²) in [6.45, 7) is 3.62. The number of imidazole rings is 1. The number of likely N-dealkylation sites (tertiary alicyclic amines) is 1. The Balaban J connectivity index is 1.35. The Bertz CT molecular complexity index is 1120. The molecule has 0 aliphatic carbocycles. The first-order valence-electron chi connectivity index (χ1n) is 9.97. The standard InChI is InChI=1S/C23H24N4O/c1-15-18(17-8-2-3-9-19(17)24-15)13-22(28)27-12-6-7-16(14-27)23-25-20-10-4-5-11-21(20)26-23/h2-5,8-11,16,24H,6-7,12-14H2,1H3,(H,25,26). The number of aromatic nitrogens is 3. The summed E-state index contributed by atoms with van der Waals surface area (Å²) in [5, 5.41) is 1.15. The molecule has 5 nitrogen and oxygen atoms in total. The number of fused-ring (bicyclic) bond motifs is 2. The molecule has 1 atom stereocenters. The molecule has 3 heterocycles. The first-order valence-corrected chi connectivity index (χ1v) is 9.97. The molecule has 2 aromatic carbocycles. The number of rotatable bonds is 3. The molecule has 0 saturated carbocycles. The Morgan fingerprint density at radius 3 is 2.75 bits per heavy atom. The Morgan fingerprint density at radius 1 is 1.11 bits per heavy atom. The number of para-hydroxylation sites is 3. The van der Waals surface area contributed by atoms with E-state index in [1.165, 1.54) is 0 Å². The third-order valence-corrected chi connectivity index (χ3v) is 5.92. The average molecular weight is 372 g/mol. The Kier molecular flexibility index (Phi) is 4.15. The van der Waals surface area contributed by atoms with Crippen molar-refractivity contribution >= 4 is 27.8 Å². The zero-order valence-corrected chi connectivity index (χ0v) is 16.0. The van der Waals surface area contributed by atoms with Gasteiger partial charge in [0.1, 0.15) is 5.82 Å². The number of carbonyl (C=O) groups is 1. The van der Waals surface area contributed by atoms with E-state index in [0.29, 0.717) is 6.42 Å². The highest BCUT2D eigenvalue weighted by molar-refractivity contribution is 5.90. The van der Waals surface area contributed by atoms with Crippen LogP contribution in [0.5, 0.6) is 0 Å². The van der Waals surface area contributed by atoms with Gasteiger partial charge in [0.05, 0.1) is 17.5 Å². The maximum absolute atomic E-state index is 13.1. The number of aryl methyl sites for hydroxylation is 1. The summed E-state index contributed by atoms with van der Waals surface area (Å²) in [7, 11) is 0. The molecule has 1 aliphatic rings. The monoisotopic (exact) mass is 372 g/mol. The van der Waals surface area contributed by atoms with E-state index in [2.05, 4.69) is 35.1 Å². The van der Waals surface area contributed by atoms with Gasteiger partial charge >= 0.3 is 0 Å². The number of nitrogens with zero attached hydrogens (tertiary/aromatic N) is 2. The van der Waals surface area contributed by atoms with E-state index in [0.717, 1.165) is 64.9 Å². The average Bonchev–Trinajstić information content (AvgIpc) is 3.29. The summed E-state index contributed by atoms with van der Waals surface area (Å²) < 4.78 is 0. The van der Waals surface area contributed by atoms with Crippen LogP contribution in [0.4, 0.5) is 0 Å². The number of hydrogen-bond acceptors (Lipinski definition) is 2. The second-order valence-electron chi connectivity index (χ2n) is 7.77. The molecule has 5 rings (SSSR count). The number of piperidine rings is 1. The van der Waals surface area contributed by atoms with Gasteiger partial charge in [0.2, 0.25) is 5.91 Å². The number of amides is 1. The van der Waals surface area contributed by atoms with Crippen LogP contribution in [0.2, 0.25) is 0 Å².